The van der Waals surface area contributed by atoms with Crippen molar-refractivity contribution in [1.82, 2.24) is 24.9 Å². The molecule has 1 saturated heterocycles. The number of carbonyl (C=O) groups excluding carboxylic acids is 2. The van der Waals surface area contributed by atoms with Gasteiger partial charge in [0, 0.05) is 38.0 Å². The Morgan fingerprint density at radius 1 is 1.19 bits per heavy atom. The average molecular weight is 377 g/mol. The fourth-order valence-corrected chi connectivity index (χ4v) is 3.57. The summed E-state index contributed by atoms with van der Waals surface area (Å²) in [6, 6.07) is 1.99. The second-order valence-electron chi connectivity index (χ2n) is 7.80. The SMILES string of the molecule is CC(C)C(=O)N1CCn2nc(CNC(=O)[C@@H](C)CN3CCOCC3)cc2C1. The molecular formula is C19H31N5O3. The summed E-state index contributed by atoms with van der Waals surface area (Å²) >= 11 is 0. The zero-order chi connectivity index (χ0) is 19.4. The number of carbonyl (C=O) groups is 2. The number of ether oxygens (including phenoxy) is 1. The van der Waals surface area contributed by atoms with Crippen molar-refractivity contribution in [3.8, 4) is 0 Å². The molecule has 0 saturated carbocycles. The van der Waals surface area contributed by atoms with Crippen molar-refractivity contribution in [3.05, 3.63) is 17.5 Å². The van der Waals surface area contributed by atoms with Crippen molar-refractivity contribution in [2.45, 2.75) is 40.4 Å². The van der Waals surface area contributed by atoms with Crippen LogP contribution in [0.15, 0.2) is 6.07 Å². The third-order valence-electron chi connectivity index (χ3n) is 5.18. The van der Waals surface area contributed by atoms with Crippen molar-refractivity contribution in [3.63, 3.8) is 0 Å². The molecule has 0 unspecified atom stereocenters. The van der Waals surface area contributed by atoms with Gasteiger partial charge >= 0.3 is 0 Å². The average Bonchev–Trinajstić information content (AvgIpc) is 3.08. The van der Waals surface area contributed by atoms with Gasteiger partial charge in [0.25, 0.3) is 0 Å². The maximum absolute atomic E-state index is 12.4. The van der Waals surface area contributed by atoms with Crippen molar-refractivity contribution >= 4 is 11.8 Å². The van der Waals surface area contributed by atoms with Crippen molar-refractivity contribution in [1.29, 1.82) is 0 Å². The second-order valence-corrected chi connectivity index (χ2v) is 7.80. The van der Waals surface area contributed by atoms with Crippen LogP contribution < -0.4 is 5.32 Å². The van der Waals surface area contributed by atoms with E-state index in [1.807, 2.05) is 36.4 Å². The molecule has 2 amide bonds. The summed E-state index contributed by atoms with van der Waals surface area (Å²) < 4.78 is 7.29. The molecule has 1 aromatic rings. The van der Waals surface area contributed by atoms with E-state index in [4.69, 9.17) is 4.74 Å². The quantitative estimate of drug-likeness (QED) is 0.779. The van der Waals surface area contributed by atoms with E-state index >= 15 is 0 Å². The van der Waals surface area contributed by atoms with Gasteiger partial charge in [-0.15, -0.1) is 0 Å². The number of nitrogens with one attached hydrogen (secondary N) is 1. The largest absolute Gasteiger partial charge is 0.379 e. The Hall–Kier alpha value is -1.93. The van der Waals surface area contributed by atoms with Gasteiger partial charge in [0.05, 0.1) is 44.2 Å². The first kappa shape index (κ1) is 19.8. The Morgan fingerprint density at radius 2 is 1.93 bits per heavy atom. The van der Waals surface area contributed by atoms with Crippen molar-refractivity contribution in [2.75, 3.05) is 39.4 Å². The topological polar surface area (TPSA) is 79.7 Å². The van der Waals surface area contributed by atoms with Crippen molar-refractivity contribution < 1.29 is 14.3 Å². The Balaban J connectivity index is 1.49. The molecule has 1 fully saturated rings. The summed E-state index contributed by atoms with van der Waals surface area (Å²) in [5.41, 5.74) is 1.87. The first-order valence-corrected chi connectivity index (χ1v) is 9.86. The monoisotopic (exact) mass is 377 g/mol. The lowest BCUT2D eigenvalue weighted by Crippen LogP contribution is -2.42. The van der Waals surface area contributed by atoms with Crippen LogP contribution in [-0.2, 0) is 34.0 Å². The minimum absolute atomic E-state index is 0.00573. The van der Waals surface area contributed by atoms with Gasteiger partial charge in [-0.3, -0.25) is 19.2 Å². The molecule has 0 radical (unpaired) electrons. The van der Waals surface area contributed by atoms with Crippen LogP contribution in [0.2, 0.25) is 0 Å². The molecule has 1 aromatic heterocycles. The molecule has 150 valence electrons. The van der Waals surface area contributed by atoms with E-state index in [2.05, 4.69) is 15.3 Å². The van der Waals surface area contributed by atoms with E-state index in [1.54, 1.807) is 0 Å². The molecule has 3 rings (SSSR count). The standard InChI is InChI=1S/C19H31N5O3/c1-14(2)19(26)23-4-5-24-17(13-23)10-16(21-24)11-20-18(25)15(3)12-22-6-8-27-9-7-22/h10,14-15H,4-9,11-13H2,1-3H3,(H,20,25)/t15-/m0/s1. The summed E-state index contributed by atoms with van der Waals surface area (Å²) in [6.45, 7) is 12.2. The molecule has 8 heteroatoms. The van der Waals surface area contributed by atoms with E-state index in [1.165, 1.54) is 0 Å². The zero-order valence-electron chi connectivity index (χ0n) is 16.6. The second kappa shape index (κ2) is 8.84. The number of hydrogen-bond acceptors (Lipinski definition) is 5. The predicted molar refractivity (Wildman–Crippen MR) is 101 cm³/mol. The fourth-order valence-electron chi connectivity index (χ4n) is 3.57. The lowest BCUT2D eigenvalue weighted by atomic mass is 10.1. The molecule has 3 heterocycles. The summed E-state index contributed by atoms with van der Waals surface area (Å²) in [6.07, 6.45) is 0. The maximum atomic E-state index is 12.4. The number of nitrogens with zero attached hydrogens (tertiary/aromatic N) is 4. The van der Waals surface area contributed by atoms with E-state index < -0.39 is 0 Å². The van der Waals surface area contributed by atoms with Gasteiger partial charge in [0.15, 0.2) is 0 Å². The van der Waals surface area contributed by atoms with Gasteiger partial charge in [-0.1, -0.05) is 20.8 Å². The van der Waals surface area contributed by atoms with Crippen LogP contribution >= 0.6 is 0 Å². The van der Waals surface area contributed by atoms with Crippen LogP contribution in [-0.4, -0.2) is 70.8 Å². The van der Waals surface area contributed by atoms with E-state index in [0.29, 0.717) is 26.2 Å². The lowest BCUT2D eigenvalue weighted by Gasteiger charge is -2.29. The minimum Gasteiger partial charge on any atom is -0.379 e. The third-order valence-corrected chi connectivity index (χ3v) is 5.18. The normalized spacial score (nSPS) is 19.0. The molecule has 0 aliphatic carbocycles. The summed E-state index contributed by atoms with van der Waals surface area (Å²) in [4.78, 5) is 28.7. The summed E-state index contributed by atoms with van der Waals surface area (Å²) in [5.74, 6) is 0.156. The number of amides is 2. The Labute approximate surface area is 160 Å². The van der Waals surface area contributed by atoms with E-state index in [0.717, 1.165) is 44.2 Å². The number of rotatable bonds is 6. The van der Waals surface area contributed by atoms with Crippen molar-refractivity contribution in [2.24, 2.45) is 11.8 Å². The molecule has 1 atom stereocenters. The molecule has 1 N–H and O–H groups in total. The van der Waals surface area contributed by atoms with Crippen LogP contribution in [0.25, 0.3) is 0 Å². The highest BCUT2D eigenvalue weighted by Crippen LogP contribution is 2.16. The first-order chi connectivity index (χ1) is 12.9. The summed E-state index contributed by atoms with van der Waals surface area (Å²) in [5, 5.41) is 7.57. The van der Waals surface area contributed by atoms with Crippen LogP contribution in [0.5, 0.6) is 0 Å². The van der Waals surface area contributed by atoms with Gasteiger partial charge < -0.3 is 15.0 Å². The van der Waals surface area contributed by atoms with Gasteiger partial charge in [0.1, 0.15) is 0 Å². The highest BCUT2D eigenvalue weighted by Gasteiger charge is 2.24. The molecule has 8 nitrogen and oxygen atoms in total. The van der Waals surface area contributed by atoms with Crippen LogP contribution in [0.3, 0.4) is 0 Å². The Morgan fingerprint density at radius 3 is 2.63 bits per heavy atom. The Bertz CT molecular complexity index is 666. The van der Waals surface area contributed by atoms with Crippen LogP contribution in [0.4, 0.5) is 0 Å². The molecule has 2 aliphatic heterocycles. The third kappa shape index (κ3) is 5.07. The number of fused-ring (bicyclic) bond motifs is 1. The van der Waals surface area contributed by atoms with Gasteiger partial charge in [-0.05, 0) is 6.07 Å². The predicted octanol–water partition coefficient (Wildman–Crippen LogP) is 0.466. The Kier molecular flexibility index (Phi) is 6.49. The van der Waals surface area contributed by atoms with Gasteiger partial charge in [0.2, 0.25) is 11.8 Å². The lowest BCUT2D eigenvalue weighted by molar-refractivity contribution is -0.136. The minimum atomic E-state index is -0.0699. The van der Waals surface area contributed by atoms with E-state index in [-0.39, 0.29) is 23.7 Å². The molecular weight excluding hydrogens is 346 g/mol. The van der Waals surface area contributed by atoms with Gasteiger partial charge in [-0.2, -0.15) is 5.10 Å². The number of aromatic nitrogens is 2. The molecule has 0 bridgehead atoms. The fraction of sp³-hybridized carbons (Fsp3) is 0.737. The molecule has 2 aliphatic rings. The molecule has 27 heavy (non-hydrogen) atoms. The zero-order valence-corrected chi connectivity index (χ0v) is 16.6. The number of morpholine rings is 1. The maximum Gasteiger partial charge on any atom is 0.225 e. The molecule has 0 spiro atoms. The van der Waals surface area contributed by atoms with Crippen LogP contribution in [0, 0.1) is 11.8 Å². The van der Waals surface area contributed by atoms with Crippen LogP contribution in [0.1, 0.15) is 32.2 Å². The highest BCUT2D eigenvalue weighted by molar-refractivity contribution is 5.78. The summed E-state index contributed by atoms with van der Waals surface area (Å²) in [7, 11) is 0. The highest BCUT2D eigenvalue weighted by atomic mass is 16.5. The van der Waals surface area contributed by atoms with Gasteiger partial charge in [-0.25, -0.2) is 0 Å². The number of hydrogen-bond donors (Lipinski definition) is 1. The smallest absolute Gasteiger partial charge is 0.225 e. The van der Waals surface area contributed by atoms with E-state index in [9.17, 15) is 9.59 Å². The molecule has 0 aromatic carbocycles. The first-order valence-electron chi connectivity index (χ1n) is 9.86.